The van der Waals surface area contributed by atoms with Gasteiger partial charge in [0.25, 0.3) is 0 Å². The van der Waals surface area contributed by atoms with Crippen LogP contribution in [-0.4, -0.2) is 24.8 Å². The summed E-state index contributed by atoms with van der Waals surface area (Å²) in [5, 5.41) is 0. The van der Waals surface area contributed by atoms with Gasteiger partial charge >= 0.3 is 0 Å². The third-order valence-corrected chi connectivity index (χ3v) is 3.09. The molecule has 0 unspecified atom stereocenters. The molecule has 2 heterocycles. The normalized spacial score (nSPS) is 18.9. The zero-order valence-corrected chi connectivity index (χ0v) is 10.3. The maximum absolute atomic E-state index is 5.88. The predicted molar refractivity (Wildman–Crippen MR) is 65.9 cm³/mol. The van der Waals surface area contributed by atoms with E-state index in [1.165, 1.54) is 0 Å². The van der Waals surface area contributed by atoms with Crippen LogP contribution in [0.1, 0.15) is 31.4 Å². The molecule has 0 spiro atoms. The van der Waals surface area contributed by atoms with Gasteiger partial charge in [-0.15, -0.1) is 0 Å². The van der Waals surface area contributed by atoms with Crippen molar-refractivity contribution in [3.8, 4) is 5.88 Å². The molecule has 1 aliphatic rings. The molecule has 94 valence electrons. The molecule has 1 aromatic heterocycles. The van der Waals surface area contributed by atoms with E-state index in [0.29, 0.717) is 18.4 Å². The highest BCUT2D eigenvalue weighted by Gasteiger charge is 2.16. The van der Waals surface area contributed by atoms with E-state index in [0.717, 1.165) is 31.6 Å². The number of aromatic nitrogens is 1. The summed E-state index contributed by atoms with van der Waals surface area (Å²) in [7, 11) is 0. The van der Waals surface area contributed by atoms with Crippen molar-refractivity contribution < 1.29 is 9.47 Å². The van der Waals surface area contributed by atoms with Gasteiger partial charge in [-0.2, -0.15) is 0 Å². The minimum Gasteiger partial charge on any atom is -0.477 e. The van der Waals surface area contributed by atoms with Crippen molar-refractivity contribution in [1.82, 2.24) is 4.98 Å². The second-order valence-electron chi connectivity index (χ2n) is 4.55. The molecule has 0 aliphatic carbocycles. The van der Waals surface area contributed by atoms with Crippen molar-refractivity contribution in [1.29, 1.82) is 0 Å². The van der Waals surface area contributed by atoms with E-state index in [2.05, 4.69) is 4.98 Å². The molecule has 17 heavy (non-hydrogen) atoms. The fourth-order valence-corrected chi connectivity index (χ4v) is 1.98. The summed E-state index contributed by atoms with van der Waals surface area (Å²) >= 11 is 0. The molecule has 4 nitrogen and oxygen atoms in total. The fraction of sp³-hybridized carbons (Fsp3) is 0.615. The van der Waals surface area contributed by atoms with Gasteiger partial charge in [-0.3, -0.25) is 0 Å². The van der Waals surface area contributed by atoms with Crippen LogP contribution >= 0.6 is 0 Å². The predicted octanol–water partition coefficient (Wildman–Crippen LogP) is 1.91. The second kappa shape index (κ2) is 5.98. The standard InChI is InChI=1S/C13H20N2O2/c1-10(14)12-3-2-6-15-13(12)17-9-11-4-7-16-8-5-11/h2-3,6,10-11H,4-5,7-9,14H2,1H3/t10-/m1/s1. The highest BCUT2D eigenvalue weighted by atomic mass is 16.5. The maximum Gasteiger partial charge on any atom is 0.218 e. The first-order valence-electron chi connectivity index (χ1n) is 6.18. The topological polar surface area (TPSA) is 57.4 Å². The zero-order valence-electron chi connectivity index (χ0n) is 10.3. The van der Waals surface area contributed by atoms with Gasteiger partial charge in [0.1, 0.15) is 0 Å². The Morgan fingerprint density at radius 1 is 1.53 bits per heavy atom. The molecule has 0 saturated carbocycles. The van der Waals surface area contributed by atoms with Crippen LogP contribution in [0.5, 0.6) is 5.88 Å². The van der Waals surface area contributed by atoms with Gasteiger partial charge < -0.3 is 15.2 Å². The molecule has 0 amide bonds. The molecule has 2 rings (SSSR count). The molecule has 1 fully saturated rings. The van der Waals surface area contributed by atoms with Crippen molar-refractivity contribution in [3.05, 3.63) is 23.9 Å². The SMILES string of the molecule is C[C@@H](N)c1cccnc1OCC1CCOCC1. The van der Waals surface area contributed by atoms with Gasteiger partial charge in [0.15, 0.2) is 0 Å². The maximum atomic E-state index is 5.88. The number of rotatable bonds is 4. The van der Waals surface area contributed by atoms with E-state index in [1.807, 2.05) is 19.1 Å². The molecule has 1 aliphatic heterocycles. The summed E-state index contributed by atoms with van der Waals surface area (Å²) < 4.78 is 11.1. The number of hydrogen-bond donors (Lipinski definition) is 1. The number of nitrogens with two attached hydrogens (primary N) is 1. The highest BCUT2D eigenvalue weighted by molar-refractivity contribution is 5.28. The van der Waals surface area contributed by atoms with Crippen molar-refractivity contribution >= 4 is 0 Å². The quantitative estimate of drug-likeness (QED) is 0.867. The van der Waals surface area contributed by atoms with Crippen molar-refractivity contribution in [3.63, 3.8) is 0 Å². The summed E-state index contributed by atoms with van der Waals surface area (Å²) in [5.74, 6) is 1.25. The first kappa shape index (κ1) is 12.3. The Bertz CT molecular complexity index is 349. The first-order valence-corrected chi connectivity index (χ1v) is 6.18. The van der Waals surface area contributed by atoms with Crippen LogP contribution < -0.4 is 10.5 Å². The van der Waals surface area contributed by atoms with Crippen LogP contribution in [0.2, 0.25) is 0 Å². The van der Waals surface area contributed by atoms with Gasteiger partial charge in [0.05, 0.1) is 6.61 Å². The van der Waals surface area contributed by atoms with E-state index in [1.54, 1.807) is 6.20 Å². The lowest BCUT2D eigenvalue weighted by atomic mass is 10.0. The van der Waals surface area contributed by atoms with Crippen molar-refractivity contribution in [2.45, 2.75) is 25.8 Å². The lowest BCUT2D eigenvalue weighted by molar-refractivity contribution is 0.0488. The summed E-state index contributed by atoms with van der Waals surface area (Å²) in [6.45, 7) is 4.34. The Balaban J connectivity index is 1.93. The molecule has 1 aromatic rings. The average Bonchev–Trinajstić information content (AvgIpc) is 2.38. The van der Waals surface area contributed by atoms with Crippen LogP contribution in [0.15, 0.2) is 18.3 Å². The number of pyridine rings is 1. The fourth-order valence-electron chi connectivity index (χ4n) is 1.98. The minimum atomic E-state index is -0.0478. The van der Waals surface area contributed by atoms with E-state index in [-0.39, 0.29) is 6.04 Å². The van der Waals surface area contributed by atoms with E-state index in [9.17, 15) is 0 Å². The molecule has 1 atom stereocenters. The molecular weight excluding hydrogens is 216 g/mol. The third kappa shape index (κ3) is 3.41. The van der Waals surface area contributed by atoms with Gasteiger partial charge in [-0.25, -0.2) is 4.98 Å². The summed E-state index contributed by atoms with van der Waals surface area (Å²) in [4.78, 5) is 4.25. The van der Waals surface area contributed by atoms with E-state index in [4.69, 9.17) is 15.2 Å². The Morgan fingerprint density at radius 2 is 2.29 bits per heavy atom. The molecular formula is C13H20N2O2. The molecule has 0 bridgehead atoms. The summed E-state index contributed by atoms with van der Waals surface area (Å²) in [6, 6.07) is 3.81. The van der Waals surface area contributed by atoms with Gasteiger partial charge in [-0.1, -0.05) is 6.07 Å². The van der Waals surface area contributed by atoms with Crippen LogP contribution in [0, 0.1) is 5.92 Å². The average molecular weight is 236 g/mol. The number of hydrogen-bond acceptors (Lipinski definition) is 4. The minimum absolute atomic E-state index is 0.0478. The lowest BCUT2D eigenvalue weighted by Crippen LogP contribution is -2.22. The Hall–Kier alpha value is -1.13. The van der Waals surface area contributed by atoms with Crippen LogP contribution in [0.3, 0.4) is 0 Å². The van der Waals surface area contributed by atoms with Gasteiger partial charge in [0, 0.05) is 31.0 Å². The summed E-state index contributed by atoms with van der Waals surface area (Å²) in [6.07, 6.45) is 3.88. The second-order valence-corrected chi connectivity index (χ2v) is 4.55. The van der Waals surface area contributed by atoms with Crippen LogP contribution in [0.25, 0.3) is 0 Å². The summed E-state index contributed by atoms with van der Waals surface area (Å²) in [5.41, 5.74) is 6.86. The third-order valence-electron chi connectivity index (χ3n) is 3.09. The molecule has 1 saturated heterocycles. The molecule has 0 aromatic carbocycles. The van der Waals surface area contributed by atoms with E-state index >= 15 is 0 Å². The monoisotopic (exact) mass is 236 g/mol. The number of ether oxygens (including phenoxy) is 2. The largest absolute Gasteiger partial charge is 0.477 e. The van der Waals surface area contributed by atoms with Crippen LogP contribution in [0.4, 0.5) is 0 Å². The highest BCUT2D eigenvalue weighted by Crippen LogP contribution is 2.22. The molecule has 2 N–H and O–H groups in total. The Morgan fingerprint density at radius 3 is 3.00 bits per heavy atom. The van der Waals surface area contributed by atoms with E-state index < -0.39 is 0 Å². The number of nitrogens with zero attached hydrogens (tertiary/aromatic N) is 1. The van der Waals surface area contributed by atoms with Crippen molar-refractivity contribution in [2.75, 3.05) is 19.8 Å². The van der Waals surface area contributed by atoms with Gasteiger partial charge in [0.2, 0.25) is 5.88 Å². The lowest BCUT2D eigenvalue weighted by Gasteiger charge is -2.22. The Labute approximate surface area is 102 Å². The molecule has 0 radical (unpaired) electrons. The van der Waals surface area contributed by atoms with Gasteiger partial charge in [-0.05, 0) is 31.7 Å². The Kier molecular flexibility index (Phi) is 4.34. The smallest absolute Gasteiger partial charge is 0.218 e. The zero-order chi connectivity index (χ0) is 12.1. The van der Waals surface area contributed by atoms with Crippen molar-refractivity contribution in [2.24, 2.45) is 11.7 Å². The first-order chi connectivity index (χ1) is 8.27. The van der Waals surface area contributed by atoms with Crippen LogP contribution in [-0.2, 0) is 4.74 Å². The molecule has 4 heteroatoms.